The normalized spacial score (nSPS) is 12.3. The number of anilines is 1. The zero-order chi connectivity index (χ0) is 17.8. The van der Waals surface area contributed by atoms with Crippen LogP contribution >= 0.6 is 11.3 Å². The van der Waals surface area contributed by atoms with Crippen LogP contribution in [0.5, 0.6) is 5.75 Å². The van der Waals surface area contributed by atoms with Crippen LogP contribution in [0.1, 0.15) is 11.9 Å². The lowest BCUT2D eigenvalue weighted by Gasteiger charge is -2.23. The minimum absolute atomic E-state index is 0.0758. The van der Waals surface area contributed by atoms with Crippen molar-refractivity contribution in [1.29, 1.82) is 0 Å². The number of hydrogen-bond acceptors (Lipinski definition) is 5. The van der Waals surface area contributed by atoms with Crippen molar-refractivity contribution in [2.24, 2.45) is 0 Å². The van der Waals surface area contributed by atoms with Crippen molar-refractivity contribution in [2.75, 3.05) is 19.5 Å². The van der Waals surface area contributed by atoms with E-state index in [0.717, 1.165) is 15.2 Å². The lowest BCUT2D eigenvalue weighted by molar-refractivity contribution is -0.120. The summed E-state index contributed by atoms with van der Waals surface area (Å²) in [5.74, 6) is 0.574. The summed E-state index contributed by atoms with van der Waals surface area (Å²) in [6.07, 6.45) is 0. The number of nitrogens with one attached hydrogen (secondary N) is 1. The Hall–Kier alpha value is -2.44. The molecular weight excluding hydrogens is 334 g/mol. The summed E-state index contributed by atoms with van der Waals surface area (Å²) in [6, 6.07) is 15.2. The van der Waals surface area contributed by atoms with E-state index >= 15 is 0 Å². The molecule has 0 aliphatic rings. The Bertz CT molecular complexity index is 845. The highest BCUT2D eigenvalue weighted by molar-refractivity contribution is 7.18. The Morgan fingerprint density at radius 1 is 1.24 bits per heavy atom. The molecule has 0 spiro atoms. The lowest BCUT2D eigenvalue weighted by atomic mass is 10.2. The first kappa shape index (κ1) is 17.4. The van der Waals surface area contributed by atoms with E-state index in [-0.39, 0.29) is 11.9 Å². The number of nitrogens with zero attached hydrogens (tertiary/aromatic N) is 2. The van der Waals surface area contributed by atoms with E-state index in [1.165, 1.54) is 0 Å². The number of ether oxygens (including phenoxy) is 1. The van der Waals surface area contributed by atoms with Gasteiger partial charge in [-0.3, -0.25) is 9.69 Å². The number of amides is 1. The summed E-state index contributed by atoms with van der Waals surface area (Å²) >= 11 is 1.66. The summed E-state index contributed by atoms with van der Waals surface area (Å²) in [5, 5.41) is 3.93. The molecule has 130 valence electrons. The molecule has 1 N–H and O–H groups in total. The second-order valence-electron chi connectivity index (χ2n) is 5.86. The van der Waals surface area contributed by atoms with E-state index in [9.17, 15) is 4.79 Å². The Morgan fingerprint density at radius 2 is 1.96 bits per heavy atom. The van der Waals surface area contributed by atoms with Gasteiger partial charge in [-0.15, -0.1) is 11.3 Å². The van der Waals surface area contributed by atoms with E-state index in [2.05, 4.69) is 16.4 Å². The molecule has 0 aliphatic heterocycles. The van der Waals surface area contributed by atoms with Crippen LogP contribution in [0.25, 0.3) is 10.2 Å². The third kappa shape index (κ3) is 3.97. The zero-order valence-electron chi connectivity index (χ0n) is 14.5. The molecule has 0 unspecified atom stereocenters. The molecule has 2 aromatic carbocycles. The topological polar surface area (TPSA) is 54.5 Å². The Morgan fingerprint density at radius 3 is 2.72 bits per heavy atom. The van der Waals surface area contributed by atoms with Gasteiger partial charge in [0.05, 0.1) is 35.6 Å². The van der Waals surface area contributed by atoms with E-state index in [4.69, 9.17) is 4.74 Å². The smallest absolute Gasteiger partial charge is 0.241 e. The number of para-hydroxylation sites is 3. The van der Waals surface area contributed by atoms with Crippen molar-refractivity contribution in [1.82, 2.24) is 9.88 Å². The molecule has 6 heteroatoms. The van der Waals surface area contributed by atoms with Crippen LogP contribution in [-0.4, -0.2) is 36.0 Å². The zero-order valence-corrected chi connectivity index (χ0v) is 15.3. The standard InChI is InChI=1S/C19H21N3O2S/c1-13(19(23)21-14-8-4-6-10-16(14)24-3)22(2)12-18-20-15-9-5-7-11-17(15)25-18/h4-11,13H,12H2,1-3H3,(H,21,23)/t13-/m0/s1. The highest BCUT2D eigenvalue weighted by atomic mass is 32.1. The summed E-state index contributed by atoms with van der Waals surface area (Å²) in [7, 11) is 3.52. The van der Waals surface area contributed by atoms with Gasteiger partial charge in [-0.2, -0.15) is 0 Å². The van der Waals surface area contributed by atoms with Crippen molar-refractivity contribution in [3.05, 3.63) is 53.5 Å². The van der Waals surface area contributed by atoms with Crippen LogP contribution in [0.2, 0.25) is 0 Å². The second kappa shape index (κ2) is 7.63. The minimum atomic E-state index is -0.295. The molecule has 0 aliphatic carbocycles. The molecule has 0 radical (unpaired) electrons. The molecule has 3 rings (SSSR count). The molecule has 0 bridgehead atoms. The van der Waals surface area contributed by atoms with Gasteiger partial charge < -0.3 is 10.1 Å². The number of carbonyl (C=O) groups is 1. The predicted octanol–water partition coefficient (Wildman–Crippen LogP) is 3.76. The van der Waals surface area contributed by atoms with E-state index < -0.39 is 0 Å². The molecule has 1 heterocycles. The van der Waals surface area contributed by atoms with Crippen LogP contribution in [-0.2, 0) is 11.3 Å². The first-order chi connectivity index (χ1) is 12.1. The Labute approximate surface area is 151 Å². The van der Waals surface area contributed by atoms with Gasteiger partial charge in [0, 0.05) is 0 Å². The van der Waals surface area contributed by atoms with Gasteiger partial charge in [-0.25, -0.2) is 4.98 Å². The third-order valence-electron chi connectivity index (χ3n) is 4.13. The van der Waals surface area contributed by atoms with Crippen molar-refractivity contribution in [3.63, 3.8) is 0 Å². The number of methoxy groups -OCH3 is 1. The van der Waals surface area contributed by atoms with Gasteiger partial charge in [0.25, 0.3) is 0 Å². The number of rotatable bonds is 6. The highest BCUT2D eigenvalue weighted by Crippen LogP contribution is 2.25. The van der Waals surface area contributed by atoms with Crippen molar-refractivity contribution < 1.29 is 9.53 Å². The molecule has 0 fully saturated rings. The fourth-order valence-electron chi connectivity index (χ4n) is 2.52. The fourth-order valence-corrected chi connectivity index (χ4v) is 3.55. The first-order valence-electron chi connectivity index (χ1n) is 8.07. The SMILES string of the molecule is COc1ccccc1NC(=O)[C@H](C)N(C)Cc1nc2ccccc2s1. The fraction of sp³-hybridized carbons (Fsp3) is 0.263. The van der Waals surface area contributed by atoms with Crippen LogP contribution in [0.3, 0.4) is 0 Å². The summed E-state index contributed by atoms with van der Waals surface area (Å²) in [5.41, 5.74) is 1.68. The molecule has 25 heavy (non-hydrogen) atoms. The molecule has 5 nitrogen and oxygen atoms in total. The maximum absolute atomic E-state index is 12.6. The highest BCUT2D eigenvalue weighted by Gasteiger charge is 2.20. The molecular formula is C19H21N3O2S. The number of thiazole rings is 1. The molecule has 0 saturated carbocycles. The van der Waals surface area contributed by atoms with Crippen LogP contribution in [0, 0.1) is 0 Å². The molecule has 3 aromatic rings. The van der Waals surface area contributed by atoms with Gasteiger partial charge in [0.15, 0.2) is 0 Å². The average molecular weight is 355 g/mol. The maximum Gasteiger partial charge on any atom is 0.241 e. The van der Waals surface area contributed by atoms with Gasteiger partial charge in [-0.05, 0) is 38.2 Å². The summed E-state index contributed by atoms with van der Waals surface area (Å²) in [6.45, 7) is 2.51. The van der Waals surface area contributed by atoms with Crippen molar-refractivity contribution >= 4 is 33.1 Å². The molecule has 0 saturated heterocycles. The Balaban J connectivity index is 1.66. The van der Waals surface area contributed by atoms with E-state index in [1.54, 1.807) is 18.4 Å². The maximum atomic E-state index is 12.6. The number of hydrogen-bond donors (Lipinski definition) is 1. The largest absolute Gasteiger partial charge is 0.495 e. The molecule has 1 amide bonds. The predicted molar refractivity (Wildman–Crippen MR) is 102 cm³/mol. The summed E-state index contributed by atoms with van der Waals surface area (Å²) < 4.78 is 6.44. The number of aromatic nitrogens is 1. The van der Waals surface area contributed by atoms with Crippen molar-refractivity contribution in [2.45, 2.75) is 19.5 Å². The van der Waals surface area contributed by atoms with Gasteiger partial charge in [0.1, 0.15) is 10.8 Å². The van der Waals surface area contributed by atoms with Crippen LogP contribution in [0.4, 0.5) is 5.69 Å². The average Bonchev–Trinajstić information content (AvgIpc) is 3.03. The Kier molecular flexibility index (Phi) is 5.31. The molecule has 1 atom stereocenters. The van der Waals surface area contributed by atoms with E-state index in [0.29, 0.717) is 18.0 Å². The number of carbonyl (C=O) groups excluding carboxylic acids is 1. The third-order valence-corrected chi connectivity index (χ3v) is 5.15. The van der Waals surface area contributed by atoms with Crippen LogP contribution in [0.15, 0.2) is 48.5 Å². The minimum Gasteiger partial charge on any atom is -0.495 e. The van der Waals surface area contributed by atoms with Crippen molar-refractivity contribution in [3.8, 4) is 5.75 Å². The van der Waals surface area contributed by atoms with Gasteiger partial charge in [-0.1, -0.05) is 24.3 Å². The number of fused-ring (bicyclic) bond motifs is 1. The van der Waals surface area contributed by atoms with Crippen LogP contribution < -0.4 is 10.1 Å². The molecule has 1 aromatic heterocycles. The number of likely N-dealkylation sites (N-methyl/N-ethyl adjacent to an activating group) is 1. The van der Waals surface area contributed by atoms with E-state index in [1.807, 2.05) is 61.3 Å². The summed E-state index contributed by atoms with van der Waals surface area (Å²) in [4.78, 5) is 19.2. The van der Waals surface area contributed by atoms with Gasteiger partial charge >= 0.3 is 0 Å². The quantitative estimate of drug-likeness (QED) is 0.731. The first-order valence-corrected chi connectivity index (χ1v) is 8.88. The lowest BCUT2D eigenvalue weighted by Crippen LogP contribution is -2.39. The van der Waals surface area contributed by atoms with Gasteiger partial charge in [0.2, 0.25) is 5.91 Å². The second-order valence-corrected chi connectivity index (χ2v) is 6.97. The number of benzene rings is 2. The monoisotopic (exact) mass is 355 g/mol.